The Kier molecular flexibility index (Phi) is 5.67. The van der Waals surface area contributed by atoms with Gasteiger partial charge in [-0.2, -0.15) is 0 Å². The highest BCUT2D eigenvalue weighted by atomic mass is 16.7. The minimum Gasteiger partial charge on any atom is -0.450 e. The average Bonchev–Trinajstić information content (AvgIpc) is 3.08. The van der Waals surface area contributed by atoms with Crippen LogP contribution in [0.1, 0.15) is 29.0 Å². The van der Waals surface area contributed by atoms with E-state index < -0.39 is 29.3 Å². The summed E-state index contributed by atoms with van der Waals surface area (Å²) < 4.78 is 9.44. The molecule has 1 atom stereocenters. The highest BCUT2D eigenvalue weighted by Crippen LogP contribution is 2.16. The largest absolute Gasteiger partial charge is 0.450 e. The van der Waals surface area contributed by atoms with Crippen molar-refractivity contribution in [3.63, 3.8) is 0 Å². The van der Waals surface area contributed by atoms with Crippen molar-refractivity contribution in [2.45, 2.75) is 12.8 Å². The van der Waals surface area contributed by atoms with Gasteiger partial charge < -0.3 is 14.5 Å². The van der Waals surface area contributed by atoms with Crippen LogP contribution in [0.5, 0.6) is 0 Å². The van der Waals surface area contributed by atoms with Crippen LogP contribution >= 0.6 is 0 Å². The smallest absolute Gasteiger partial charge is 0.433 e. The van der Waals surface area contributed by atoms with Crippen molar-refractivity contribution in [1.29, 1.82) is 0 Å². The first-order chi connectivity index (χ1) is 11.5. The predicted octanol–water partition coefficient (Wildman–Crippen LogP) is 2.26. The molecule has 2 aromatic rings. The summed E-state index contributed by atoms with van der Waals surface area (Å²) in [7, 11) is 0. The summed E-state index contributed by atoms with van der Waals surface area (Å²) >= 11 is 0. The molecule has 1 aromatic heterocycles. The first-order valence-electron chi connectivity index (χ1n) is 7.20. The van der Waals surface area contributed by atoms with Gasteiger partial charge in [-0.15, -0.1) is 0 Å². The van der Waals surface area contributed by atoms with Gasteiger partial charge in [0.1, 0.15) is 4.92 Å². The Morgan fingerprint density at radius 3 is 2.58 bits per heavy atom. The quantitative estimate of drug-likeness (QED) is 0.473. The lowest BCUT2D eigenvalue weighted by atomic mass is 10.0. The molecule has 0 saturated carbocycles. The van der Waals surface area contributed by atoms with Crippen LogP contribution in [0.15, 0.2) is 46.9 Å². The second-order valence-electron chi connectivity index (χ2n) is 5.09. The Hall–Kier alpha value is -3.16. The normalized spacial score (nSPS) is 11.5. The van der Waals surface area contributed by atoms with Gasteiger partial charge in [-0.3, -0.25) is 14.9 Å². The summed E-state index contributed by atoms with van der Waals surface area (Å²) in [6.07, 6.45) is 0. The maximum Gasteiger partial charge on any atom is 0.433 e. The lowest BCUT2D eigenvalue weighted by Gasteiger charge is -2.12. The van der Waals surface area contributed by atoms with Crippen LogP contribution in [0.2, 0.25) is 0 Å². The van der Waals surface area contributed by atoms with E-state index in [0.717, 1.165) is 17.7 Å². The first-order valence-corrected chi connectivity index (χ1v) is 7.20. The van der Waals surface area contributed by atoms with E-state index in [9.17, 15) is 19.7 Å². The summed E-state index contributed by atoms with van der Waals surface area (Å²) in [5.74, 6) is -2.18. The number of furan rings is 1. The molecular formula is C16H16N2O6. The number of carbonyl (C=O) groups excluding carboxylic acids is 2. The molecule has 0 aliphatic heterocycles. The molecule has 0 aliphatic rings. The molecule has 2 rings (SSSR count). The van der Waals surface area contributed by atoms with Gasteiger partial charge in [-0.25, -0.2) is 4.79 Å². The number of nitrogens with zero attached hydrogens (tertiary/aromatic N) is 1. The number of nitrogens with one attached hydrogen (secondary N) is 1. The molecule has 0 saturated heterocycles. The number of benzene rings is 1. The van der Waals surface area contributed by atoms with Gasteiger partial charge in [0.05, 0.1) is 6.07 Å². The Bertz CT molecular complexity index is 725. The van der Waals surface area contributed by atoms with Crippen LogP contribution in [-0.2, 0) is 9.53 Å². The van der Waals surface area contributed by atoms with E-state index in [1.54, 1.807) is 0 Å². The topological polar surface area (TPSA) is 112 Å². The summed E-state index contributed by atoms with van der Waals surface area (Å²) in [5, 5.41) is 13.1. The third-order valence-corrected chi connectivity index (χ3v) is 3.28. The Balaban J connectivity index is 1.76. The SMILES string of the molecule is C[C@H](CNC(=O)COC(=O)c1ccc([N+](=O)[O-])o1)c1ccccc1. The Morgan fingerprint density at radius 2 is 1.96 bits per heavy atom. The van der Waals surface area contributed by atoms with Crippen LogP contribution in [-0.4, -0.2) is 30.0 Å². The maximum atomic E-state index is 11.7. The van der Waals surface area contributed by atoms with E-state index in [-0.39, 0.29) is 11.7 Å². The lowest BCUT2D eigenvalue weighted by Crippen LogP contribution is -2.31. The maximum absolute atomic E-state index is 11.7. The fraction of sp³-hybridized carbons (Fsp3) is 0.250. The minimum atomic E-state index is -0.936. The van der Waals surface area contributed by atoms with E-state index in [0.29, 0.717) is 6.54 Å². The molecule has 0 radical (unpaired) electrons. The Labute approximate surface area is 137 Å². The zero-order valence-electron chi connectivity index (χ0n) is 12.9. The molecule has 1 amide bonds. The van der Waals surface area contributed by atoms with E-state index >= 15 is 0 Å². The fourth-order valence-corrected chi connectivity index (χ4v) is 1.96. The van der Waals surface area contributed by atoms with Gasteiger partial charge in [0.15, 0.2) is 6.61 Å². The van der Waals surface area contributed by atoms with E-state index in [1.807, 2.05) is 37.3 Å². The number of carbonyl (C=O) groups is 2. The van der Waals surface area contributed by atoms with Gasteiger partial charge in [-0.05, 0) is 17.5 Å². The number of hydrogen-bond donors (Lipinski definition) is 1. The molecule has 24 heavy (non-hydrogen) atoms. The van der Waals surface area contributed by atoms with Crippen molar-refractivity contribution in [3.05, 3.63) is 63.9 Å². The second kappa shape index (κ2) is 7.91. The van der Waals surface area contributed by atoms with Crippen LogP contribution < -0.4 is 5.32 Å². The van der Waals surface area contributed by atoms with Crippen molar-refractivity contribution in [2.75, 3.05) is 13.2 Å². The van der Waals surface area contributed by atoms with E-state index in [4.69, 9.17) is 4.74 Å². The second-order valence-corrected chi connectivity index (χ2v) is 5.09. The zero-order valence-corrected chi connectivity index (χ0v) is 12.9. The summed E-state index contributed by atoms with van der Waals surface area (Å²) in [6, 6.07) is 11.8. The standard InChI is InChI=1S/C16H16N2O6/c1-11(12-5-3-2-4-6-12)9-17-14(19)10-23-16(20)13-7-8-15(24-13)18(21)22/h2-8,11H,9-10H2,1H3,(H,17,19)/t11-/m1/s1. The predicted molar refractivity (Wildman–Crippen MR) is 83.5 cm³/mol. The molecule has 1 N–H and O–H groups in total. The van der Waals surface area contributed by atoms with Gasteiger partial charge in [0.25, 0.3) is 5.91 Å². The molecule has 1 heterocycles. The number of rotatable bonds is 7. The monoisotopic (exact) mass is 332 g/mol. The first kappa shape index (κ1) is 17.2. The van der Waals surface area contributed by atoms with Crippen molar-refractivity contribution in [3.8, 4) is 0 Å². The molecule has 0 spiro atoms. The average molecular weight is 332 g/mol. The van der Waals surface area contributed by atoms with Crippen LogP contribution in [0.4, 0.5) is 5.88 Å². The summed E-state index contributed by atoms with van der Waals surface area (Å²) in [4.78, 5) is 33.0. The zero-order chi connectivity index (χ0) is 17.5. The number of ether oxygens (including phenoxy) is 1. The highest BCUT2D eigenvalue weighted by molar-refractivity contribution is 5.89. The van der Waals surface area contributed by atoms with Gasteiger partial charge in [-0.1, -0.05) is 37.3 Å². The Morgan fingerprint density at radius 1 is 1.25 bits per heavy atom. The minimum absolute atomic E-state index is 0.110. The van der Waals surface area contributed by atoms with Gasteiger partial charge in [0.2, 0.25) is 5.76 Å². The van der Waals surface area contributed by atoms with Crippen molar-refractivity contribution in [1.82, 2.24) is 5.32 Å². The van der Waals surface area contributed by atoms with Crippen molar-refractivity contribution in [2.24, 2.45) is 0 Å². The third-order valence-electron chi connectivity index (χ3n) is 3.28. The van der Waals surface area contributed by atoms with Crippen LogP contribution in [0.3, 0.4) is 0 Å². The lowest BCUT2D eigenvalue weighted by molar-refractivity contribution is -0.402. The molecular weight excluding hydrogens is 316 g/mol. The molecule has 8 nitrogen and oxygen atoms in total. The molecule has 8 heteroatoms. The van der Waals surface area contributed by atoms with Crippen molar-refractivity contribution >= 4 is 17.8 Å². The summed E-state index contributed by atoms with van der Waals surface area (Å²) in [6.45, 7) is 1.87. The highest BCUT2D eigenvalue weighted by Gasteiger charge is 2.19. The summed E-state index contributed by atoms with van der Waals surface area (Å²) in [5.41, 5.74) is 1.08. The van der Waals surface area contributed by atoms with Gasteiger partial charge in [0, 0.05) is 6.54 Å². The fourth-order valence-electron chi connectivity index (χ4n) is 1.96. The molecule has 0 aliphatic carbocycles. The van der Waals surface area contributed by atoms with Crippen LogP contribution in [0.25, 0.3) is 0 Å². The third kappa shape index (κ3) is 4.67. The van der Waals surface area contributed by atoms with Gasteiger partial charge >= 0.3 is 11.9 Å². The number of nitro groups is 1. The number of esters is 1. The number of amides is 1. The van der Waals surface area contributed by atoms with E-state index in [1.165, 1.54) is 0 Å². The van der Waals surface area contributed by atoms with E-state index in [2.05, 4.69) is 9.73 Å². The van der Waals surface area contributed by atoms with Crippen molar-refractivity contribution < 1.29 is 23.7 Å². The molecule has 0 unspecified atom stereocenters. The van der Waals surface area contributed by atoms with Crippen LogP contribution in [0, 0.1) is 10.1 Å². The molecule has 126 valence electrons. The number of hydrogen-bond acceptors (Lipinski definition) is 6. The molecule has 0 fully saturated rings. The molecule has 1 aromatic carbocycles. The molecule has 0 bridgehead atoms.